The smallest absolute Gasteiger partial charge is 0.220 e. The van der Waals surface area contributed by atoms with Crippen LogP contribution in [-0.4, -0.2) is 87.5 Å². The van der Waals surface area contributed by atoms with E-state index in [1.807, 2.05) is 0 Å². The lowest BCUT2D eigenvalue weighted by atomic mass is 9.99. The lowest BCUT2D eigenvalue weighted by Crippen LogP contribution is -2.60. The van der Waals surface area contributed by atoms with Crippen LogP contribution in [0.1, 0.15) is 380 Å². The van der Waals surface area contributed by atoms with Gasteiger partial charge in [-0.2, -0.15) is 0 Å². The Morgan fingerprint density at radius 2 is 0.641 bits per heavy atom. The van der Waals surface area contributed by atoms with Gasteiger partial charge in [-0.1, -0.05) is 361 Å². The summed E-state index contributed by atoms with van der Waals surface area (Å²) in [6, 6.07) is -0.715. The molecule has 1 fully saturated rings. The molecule has 0 aromatic rings. The van der Waals surface area contributed by atoms with Gasteiger partial charge in [0.25, 0.3) is 0 Å². The van der Waals surface area contributed by atoms with Crippen molar-refractivity contribution in [2.45, 2.75) is 423 Å². The van der Waals surface area contributed by atoms with Gasteiger partial charge in [-0.15, -0.1) is 0 Å². The number of unbranched alkanes of at least 4 members (excludes halogenated alkanes) is 53. The fourth-order valence-electron chi connectivity index (χ4n) is 11.9. The Balaban J connectivity index is 2.09. The third-order valence-corrected chi connectivity index (χ3v) is 17.5. The van der Waals surface area contributed by atoms with E-state index in [0.717, 1.165) is 38.5 Å². The van der Waals surface area contributed by atoms with E-state index >= 15 is 0 Å². The zero-order valence-electron chi connectivity index (χ0n) is 52.2. The number of nitrogens with one attached hydrogen (secondary N) is 1. The summed E-state index contributed by atoms with van der Waals surface area (Å²) >= 11 is 0. The molecule has 0 radical (unpaired) electrons. The van der Waals surface area contributed by atoms with Crippen molar-refractivity contribution >= 4 is 5.91 Å². The normalized spacial score (nSPS) is 18.5. The third kappa shape index (κ3) is 47.7. The second-order valence-corrected chi connectivity index (χ2v) is 25.0. The molecule has 0 aromatic heterocycles. The van der Waals surface area contributed by atoms with Crippen LogP contribution in [0.15, 0.2) is 0 Å². The number of aliphatic hydroxyl groups is 5. The number of hydrogen-bond acceptors (Lipinski definition) is 8. The van der Waals surface area contributed by atoms with Crippen molar-refractivity contribution in [1.29, 1.82) is 0 Å². The summed E-state index contributed by atoms with van der Waals surface area (Å²) < 4.78 is 11.4. The van der Waals surface area contributed by atoms with Gasteiger partial charge in [0.1, 0.15) is 24.4 Å². The first-order chi connectivity index (χ1) is 38.3. The predicted molar refractivity (Wildman–Crippen MR) is 332 cm³/mol. The van der Waals surface area contributed by atoms with Gasteiger partial charge >= 0.3 is 0 Å². The Morgan fingerprint density at radius 3 is 0.910 bits per heavy atom. The van der Waals surface area contributed by atoms with E-state index in [1.54, 1.807) is 0 Å². The first-order valence-corrected chi connectivity index (χ1v) is 35.2. The molecule has 7 unspecified atom stereocenters. The Kier molecular flexibility index (Phi) is 57.2. The number of carbonyl (C=O) groups is 1. The molecule has 0 spiro atoms. The van der Waals surface area contributed by atoms with E-state index in [-0.39, 0.29) is 12.5 Å². The molecule has 9 nitrogen and oxygen atoms in total. The molecule has 466 valence electrons. The molecule has 0 saturated carbocycles. The van der Waals surface area contributed by atoms with E-state index in [1.165, 1.54) is 315 Å². The lowest BCUT2D eigenvalue weighted by molar-refractivity contribution is -0.302. The molecule has 78 heavy (non-hydrogen) atoms. The maximum absolute atomic E-state index is 13.1. The maximum atomic E-state index is 13.1. The van der Waals surface area contributed by atoms with Gasteiger partial charge in [-0.3, -0.25) is 4.79 Å². The second-order valence-electron chi connectivity index (χ2n) is 25.0. The SMILES string of the molecule is CCCCCCCCCCCCCCCCCCCCCCCCCCCCCCCCC(O)C(COC1OC(CO)C(O)C(O)C1O)NC(=O)CCCCCCCCCCCCCCCCCCCCCCCCCCC. The monoisotopic (exact) mass is 1110 g/mol. The van der Waals surface area contributed by atoms with Crippen molar-refractivity contribution in [3.8, 4) is 0 Å². The van der Waals surface area contributed by atoms with Gasteiger partial charge in [0.05, 0.1) is 25.4 Å². The molecule has 0 aromatic carbocycles. The predicted octanol–water partition coefficient (Wildman–Crippen LogP) is 18.9. The van der Waals surface area contributed by atoms with Crippen LogP contribution < -0.4 is 5.32 Å². The van der Waals surface area contributed by atoms with E-state index in [2.05, 4.69) is 19.2 Å². The maximum Gasteiger partial charge on any atom is 0.220 e. The van der Waals surface area contributed by atoms with Gasteiger partial charge in [-0.25, -0.2) is 0 Å². The van der Waals surface area contributed by atoms with Crippen molar-refractivity contribution in [2.24, 2.45) is 0 Å². The summed E-state index contributed by atoms with van der Waals surface area (Å²) in [7, 11) is 0. The van der Waals surface area contributed by atoms with Crippen LogP contribution in [0.25, 0.3) is 0 Å². The van der Waals surface area contributed by atoms with E-state index in [9.17, 15) is 30.3 Å². The molecule has 1 heterocycles. The van der Waals surface area contributed by atoms with Gasteiger partial charge in [-0.05, 0) is 12.8 Å². The van der Waals surface area contributed by atoms with Crippen molar-refractivity contribution in [1.82, 2.24) is 5.32 Å². The van der Waals surface area contributed by atoms with Gasteiger partial charge in [0, 0.05) is 6.42 Å². The van der Waals surface area contributed by atoms with Gasteiger partial charge in [0.15, 0.2) is 6.29 Å². The Hall–Kier alpha value is -0.810. The zero-order valence-corrected chi connectivity index (χ0v) is 52.2. The van der Waals surface area contributed by atoms with Crippen LogP contribution in [0.2, 0.25) is 0 Å². The minimum absolute atomic E-state index is 0.130. The first kappa shape index (κ1) is 75.2. The molecule has 0 aliphatic carbocycles. The molecule has 9 heteroatoms. The Bertz CT molecular complexity index is 1190. The van der Waals surface area contributed by atoms with Crippen LogP contribution in [0.4, 0.5) is 0 Å². The standard InChI is InChI=1S/C69H137NO8/c1-3-5-7-9-11-13-15-17-19-21-23-25-27-29-30-31-32-33-35-36-38-40-42-44-46-48-50-52-54-56-58-63(72)62(61-77-69-68(76)67(75)66(74)64(60-71)78-69)70-65(73)59-57-55-53-51-49-47-45-43-41-39-37-34-28-26-24-22-20-18-16-14-12-10-8-6-4-2/h62-64,66-69,71-72,74-76H,3-61H2,1-2H3,(H,70,73). The topological polar surface area (TPSA) is 149 Å². The molecule has 1 amide bonds. The highest BCUT2D eigenvalue weighted by molar-refractivity contribution is 5.76. The summed E-state index contributed by atoms with van der Waals surface area (Å²) in [5.41, 5.74) is 0. The number of ether oxygens (including phenoxy) is 2. The highest BCUT2D eigenvalue weighted by Gasteiger charge is 2.44. The van der Waals surface area contributed by atoms with Crippen molar-refractivity contribution in [2.75, 3.05) is 13.2 Å². The highest BCUT2D eigenvalue weighted by atomic mass is 16.7. The number of carbonyl (C=O) groups excluding carboxylic acids is 1. The molecule has 7 atom stereocenters. The number of amides is 1. The van der Waals surface area contributed by atoms with E-state index < -0.39 is 49.5 Å². The van der Waals surface area contributed by atoms with Crippen molar-refractivity contribution in [3.05, 3.63) is 0 Å². The average molecular weight is 1110 g/mol. The quantitative estimate of drug-likeness (QED) is 0.0330. The molecular weight excluding hydrogens is 971 g/mol. The van der Waals surface area contributed by atoms with E-state index in [4.69, 9.17) is 9.47 Å². The molecule has 1 aliphatic rings. The van der Waals surface area contributed by atoms with Crippen molar-refractivity contribution < 1.29 is 39.8 Å². The Morgan fingerprint density at radius 1 is 0.385 bits per heavy atom. The largest absolute Gasteiger partial charge is 0.394 e. The minimum Gasteiger partial charge on any atom is -0.394 e. The molecule has 1 saturated heterocycles. The number of hydrogen-bond donors (Lipinski definition) is 6. The van der Waals surface area contributed by atoms with Crippen LogP contribution in [-0.2, 0) is 14.3 Å². The van der Waals surface area contributed by atoms with E-state index in [0.29, 0.717) is 12.8 Å². The molecule has 6 N–H and O–H groups in total. The minimum atomic E-state index is -1.55. The number of rotatable bonds is 63. The molecule has 0 bridgehead atoms. The zero-order chi connectivity index (χ0) is 56.5. The first-order valence-electron chi connectivity index (χ1n) is 35.2. The summed E-state index contributed by atoms with van der Waals surface area (Å²) in [6.07, 6.45) is 67.5. The van der Waals surface area contributed by atoms with Crippen LogP contribution in [0.3, 0.4) is 0 Å². The summed E-state index contributed by atoms with van der Waals surface area (Å²) in [5, 5.41) is 54.9. The van der Waals surface area contributed by atoms with Gasteiger partial charge in [0.2, 0.25) is 5.91 Å². The average Bonchev–Trinajstić information content (AvgIpc) is 3.45. The molecule has 1 rings (SSSR count). The van der Waals surface area contributed by atoms with Crippen molar-refractivity contribution in [3.63, 3.8) is 0 Å². The van der Waals surface area contributed by atoms with Crippen LogP contribution in [0, 0.1) is 0 Å². The lowest BCUT2D eigenvalue weighted by Gasteiger charge is -2.40. The number of aliphatic hydroxyl groups excluding tert-OH is 5. The van der Waals surface area contributed by atoms with Crippen LogP contribution >= 0.6 is 0 Å². The van der Waals surface area contributed by atoms with Gasteiger partial charge < -0.3 is 40.3 Å². The summed E-state index contributed by atoms with van der Waals surface area (Å²) in [4.78, 5) is 13.1. The van der Waals surface area contributed by atoms with Crippen LogP contribution in [0.5, 0.6) is 0 Å². The fraction of sp³-hybridized carbons (Fsp3) is 0.986. The third-order valence-electron chi connectivity index (χ3n) is 17.5. The second kappa shape index (κ2) is 59.4. The molecule has 1 aliphatic heterocycles. The summed E-state index contributed by atoms with van der Waals surface area (Å²) in [6.45, 7) is 3.91. The highest BCUT2D eigenvalue weighted by Crippen LogP contribution is 2.24. The Labute approximate surface area is 484 Å². The molecular formula is C69H137NO8. The fourth-order valence-corrected chi connectivity index (χ4v) is 11.9. The summed E-state index contributed by atoms with van der Waals surface area (Å²) in [5.74, 6) is -0.133.